The fourth-order valence-electron chi connectivity index (χ4n) is 2.26. The quantitative estimate of drug-likeness (QED) is 0.545. The van der Waals surface area contributed by atoms with Crippen molar-refractivity contribution < 1.29 is 4.39 Å². The van der Waals surface area contributed by atoms with Gasteiger partial charge in [-0.25, -0.2) is 9.97 Å². The Balaban J connectivity index is 2.11. The van der Waals surface area contributed by atoms with Crippen LogP contribution in [0.4, 0.5) is 10.1 Å². The molecule has 2 heterocycles. The minimum atomic E-state index is -0.597. The SMILES string of the molecule is Cc1cnc(F)cc1N=C/C(=C(\N)c1ccccc1Cl)c1ncc[nH]1. The molecule has 0 amide bonds. The van der Waals surface area contributed by atoms with Crippen LogP contribution in [0, 0.1) is 12.9 Å². The monoisotopic (exact) mass is 355 g/mol. The maximum absolute atomic E-state index is 13.4. The number of aryl methyl sites for hydroxylation is 1. The number of pyridine rings is 1. The lowest BCUT2D eigenvalue weighted by Gasteiger charge is -2.08. The molecule has 3 rings (SSSR count). The van der Waals surface area contributed by atoms with Crippen molar-refractivity contribution in [1.82, 2.24) is 15.0 Å². The van der Waals surface area contributed by atoms with E-state index in [0.717, 1.165) is 5.56 Å². The zero-order valence-corrected chi connectivity index (χ0v) is 14.1. The third kappa shape index (κ3) is 3.75. The van der Waals surface area contributed by atoms with E-state index in [-0.39, 0.29) is 0 Å². The molecule has 0 aliphatic heterocycles. The highest BCUT2D eigenvalue weighted by atomic mass is 35.5. The first kappa shape index (κ1) is 16.9. The van der Waals surface area contributed by atoms with Crippen LogP contribution in [0.1, 0.15) is 17.0 Å². The number of rotatable bonds is 4. The lowest BCUT2D eigenvalue weighted by Crippen LogP contribution is -2.04. The second-order valence-electron chi connectivity index (χ2n) is 5.30. The fraction of sp³-hybridized carbons (Fsp3) is 0.0556. The van der Waals surface area contributed by atoms with E-state index < -0.39 is 5.95 Å². The van der Waals surface area contributed by atoms with Gasteiger partial charge >= 0.3 is 0 Å². The number of benzene rings is 1. The predicted octanol–water partition coefficient (Wildman–Crippen LogP) is 4.14. The highest BCUT2D eigenvalue weighted by molar-refractivity contribution is 6.33. The van der Waals surface area contributed by atoms with E-state index in [2.05, 4.69) is 19.9 Å². The van der Waals surface area contributed by atoms with Gasteiger partial charge in [-0.1, -0.05) is 29.8 Å². The summed E-state index contributed by atoms with van der Waals surface area (Å²) in [4.78, 5) is 15.2. The molecule has 0 atom stereocenters. The number of aromatic amines is 1. The molecule has 0 saturated heterocycles. The third-order valence-corrected chi connectivity index (χ3v) is 3.91. The number of allylic oxidation sites excluding steroid dienone is 1. The summed E-state index contributed by atoms with van der Waals surface area (Å²) in [7, 11) is 0. The number of hydrogen-bond donors (Lipinski definition) is 2. The molecule has 0 bridgehead atoms. The van der Waals surface area contributed by atoms with Crippen LogP contribution in [0.15, 0.2) is 53.9 Å². The number of nitrogens with two attached hydrogens (primary N) is 1. The molecule has 0 fully saturated rings. The average Bonchev–Trinajstić information content (AvgIpc) is 3.12. The van der Waals surface area contributed by atoms with Crippen molar-refractivity contribution in [2.75, 3.05) is 0 Å². The second kappa shape index (κ2) is 7.27. The van der Waals surface area contributed by atoms with Crippen molar-refractivity contribution in [2.45, 2.75) is 6.92 Å². The Morgan fingerprint density at radius 3 is 2.84 bits per heavy atom. The Morgan fingerprint density at radius 1 is 1.32 bits per heavy atom. The van der Waals surface area contributed by atoms with Crippen molar-refractivity contribution in [3.63, 3.8) is 0 Å². The van der Waals surface area contributed by atoms with Crippen LogP contribution in [0.25, 0.3) is 11.3 Å². The van der Waals surface area contributed by atoms with Gasteiger partial charge in [-0.3, -0.25) is 4.99 Å². The van der Waals surface area contributed by atoms with Crippen molar-refractivity contribution in [3.05, 3.63) is 76.8 Å². The first-order chi connectivity index (χ1) is 12.1. The number of H-pyrrole nitrogens is 1. The van der Waals surface area contributed by atoms with Gasteiger partial charge < -0.3 is 10.7 Å². The Kier molecular flexibility index (Phi) is 4.90. The molecule has 2 aromatic heterocycles. The number of imidazole rings is 1. The van der Waals surface area contributed by atoms with Gasteiger partial charge in [0.2, 0.25) is 5.95 Å². The summed E-state index contributed by atoms with van der Waals surface area (Å²) in [6.45, 7) is 1.80. The fourth-order valence-corrected chi connectivity index (χ4v) is 2.49. The zero-order valence-electron chi connectivity index (χ0n) is 13.4. The van der Waals surface area contributed by atoms with Crippen molar-refractivity contribution >= 4 is 34.8 Å². The normalized spacial score (nSPS) is 12.4. The molecule has 126 valence electrons. The van der Waals surface area contributed by atoms with Crippen LogP contribution in [-0.4, -0.2) is 21.2 Å². The van der Waals surface area contributed by atoms with Crippen molar-refractivity contribution in [2.24, 2.45) is 10.7 Å². The van der Waals surface area contributed by atoms with E-state index in [1.807, 2.05) is 18.2 Å². The van der Waals surface area contributed by atoms with Crippen LogP contribution in [0.2, 0.25) is 5.02 Å². The van der Waals surface area contributed by atoms with E-state index in [0.29, 0.717) is 33.4 Å². The second-order valence-corrected chi connectivity index (χ2v) is 5.70. The van der Waals surface area contributed by atoms with Crippen LogP contribution in [-0.2, 0) is 0 Å². The number of nitrogens with one attached hydrogen (secondary N) is 1. The molecular weight excluding hydrogens is 341 g/mol. The maximum Gasteiger partial charge on any atom is 0.214 e. The summed E-state index contributed by atoms with van der Waals surface area (Å²) in [6, 6.07) is 8.49. The third-order valence-electron chi connectivity index (χ3n) is 3.58. The van der Waals surface area contributed by atoms with Crippen molar-refractivity contribution in [3.8, 4) is 0 Å². The minimum absolute atomic E-state index is 0.413. The molecular formula is C18H15ClFN5. The van der Waals surface area contributed by atoms with E-state index in [1.54, 1.807) is 31.6 Å². The van der Waals surface area contributed by atoms with E-state index >= 15 is 0 Å². The smallest absolute Gasteiger partial charge is 0.214 e. The number of aromatic nitrogens is 3. The summed E-state index contributed by atoms with van der Waals surface area (Å²) in [5, 5.41) is 0.517. The van der Waals surface area contributed by atoms with Crippen LogP contribution in [0.5, 0.6) is 0 Å². The first-order valence-electron chi connectivity index (χ1n) is 7.47. The zero-order chi connectivity index (χ0) is 17.8. The predicted molar refractivity (Wildman–Crippen MR) is 98.1 cm³/mol. The Bertz CT molecular complexity index is 948. The largest absolute Gasteiger partial charge is 0.398 e. The Labute approximate surface area is 149 Å². The molecule has 0 spiro atoms. The summed E-state index contributed by atoms with van der Waals surface area (Å²) < 4.78 is 13.4. The van der Waals surface area contributed by atoms with Gasteiger partial charge in [-0.2, -0.15) is 4.39 Å². The molecule has 0 saturated carbocycles. The molecule has 0 radical (unpaired) electrons. The van der Waals surface area contributed by atoms with Gasteiger partial charge in [0.15, 0.2) is 0 Å². The Morgan fingerprint density at radius 2 is 2.12 bits per heavy atom. The summed E-state index contributed by atoms with van der Waals surface area (Å²) in [6.07, 6.45) is 6.26. The lowest BCUT2D eigenvalue weighted by molar-refractivity contribution is 0.583. The molecule has 3 aromatic rings. The van der Waals surface area contributed by atoms with E-state index in [4.69, 9.17) is 17.3 Å². The average molecular weight is 356 g/mol. The molecule has 0 aliphatic rings. The molecule has 0 unspecified atom stereocenters. The van der Waals surface area contributed by atoms with Gasteiger partial charge in [-0.15, -0.1) is 0 Å². The van der Waals surface area contributed by atoms with Crippen LogP contribution < -0.4 is 5.73 Å². The number of hydrogen-bond acceptors (Lipinski definition) is 4. The summed E-state index contributed by atoms with van der Waals surface area (Å²) >= 11 is 6.24. The standard InChI is InChI=1S/C18H15ClFN5/c1-11-9-25-16(20)8-15(11)24-10-13(18-22-6-7-23-18)17(21)12-4-2-3-5-14(12)19/h2-10H,21H2,1H3,(H,22,23)/b17-13+,24-10?. The number of aliphatic imine (C=N–C) groups is 1. The van der Waals surface area contributed by atoms with E-state index in [9.17, 15) is 4.39 Å². The molecule has 7 heteroatoms. The summed E-state index contributed by atoms with van der Waals surface area (Å²) in [5.41, 5.74) is 9.16. The number of nitrogens with zero attached hydrogens (tertiary/aromatic N) is 3. The van der Waals surface area contributed by atoms with Crippen LogP contribution in [0.3, 0.4) is 0 Å². The minimum Gasteiger partial charge on any atom is -0.398 e. The van der Waals surface area contributed by atoms with E-state index in [1.165, 1.54) is 12.3 Å². The topological polar surface area (TPSA) is 79.9 Å². The van der Waals surface area contributed by atoms with Gasteiger partial charge in [-0.05, 0) is 18.6 Å². The first-order valence-corrected chi connectivity index (χ1v) is 7.84. The van der Waals surface area contributed by atoms with Gasteiger partial charge in [0, 0.05) is 41.5 Å². The molecule has 25 heavy (non-hydrogen) atoms. The van der Waals surface area contributed by atoms with Crippen LogP contribution >= 0.6 is 11.6 Å². The summed E-state index contributed by atoms with van der Waals surface area (Å²) in [5.74, 6) is -0.0614. The molecule has 1 aromatic carbocycles. The Hall–Kier alpha value is -2.99. The highest BCUT2D eigenvalue weighted by Gasteiger charge is 2.12. The van der Waals surface area contributed by atoms with Crippen molar-refractivity contribution in [1.29, 1.82) is 0 Å². The maximum atomic E-state index is 13.4. The lowest BCUT2D eigenvalue weighted by atomic mass is 10.1. The molecule has 3 N–H and O–H groups in total. The molecule has 0 aliphatic carbocycles. The highest BCUT2D eigenvalue weighted by Crippen LogP contribution is 2.26. The number of halogens is 2. The van der Waals surface area contributed by atoms with Gasteiger partial charge in [0.25, 0.3) is 0 Å². The molecule has 5 nitrogen and oxygen atoms in total. The van der Waals surface area contributed by atoms with Gasteiger partial charge in [0.1, 0.15) is 5.82 Å². The van der Waals surface area contributed by atoms with Gasteiger partial charge in [0.05, 0.1) is 17.0 Å².